The van der Waals surface area contributed by atoms with Crippen molar-refractivity contribution in [2.45, 2.75) is 20.3 Å². The van der Waals surface area contributed by atoms with E-state index in [2.05, 4.69) is 13.8 Å². The summed E-state index contributed by atoms with van der Waals surface area (Å²) in [4.78, 5) is 24.3. The van der Waals surface area contributed by atoms with Crippen LogP contribution in [0.4, 0.5) is 0 Å². The van der Waals surface area contributed by atoms with Crippen molar-refractivity contribution in [3.8, 4) is 5.75 Å². The summed E-state index contributed by atoms with van der Waals surface area (Å²) in [5.74, 6) is 0.609. The molecule has 1 aromatic carbocycles. The Kier molecular flexibility index (Phi) is 7.16. The molecule has 0 aromatic heterocycles. The Morgan fingerprint density at radius 3 is 2.45 bits per heavy atom. The predicted octanol–water partition coefficient (Wildman–Crippen LogP) is 2.07. The van der Waals surface area contributed by atoms with E-state index in [9.17, 15) is 9.59 Å². The molecule has 0 radical (unpaired) electrons. The van der Waals surface area contributed by atoms with Gasteiger partial charge in [-0.15, -0.1) is 0 Å². The Bertz CT molecular complexity index is 521. The van der Waals surface area contributed by atoms with Gasteiger partial charge in [0.05, 0.1) is 0 Å². The van der Waals surface area contributed by atoms with Crippen molar-refractivity contribution in [1.29, 1.82) is 0 Å². The maximum atomic E-state index is 11.9. The molecule has 0 fully saturated rings. The zero-order chi connectivity index (χ0) is 16.5. The van der Waals surface area contributed by atoms with Gasteiger partial charge in [0, 0.05) is 19.7 Å². The summed E-state index contributed by atoms with van der Waals surface area (Å²) in [6.07, 6.45) is 4.30. The van der Waals surface area contributed by atoms with Gasteiger partial charge >= 0.3 is 0 Å². The lowest BCUT2D eigenvalue weighted by atomic mass is 10.1. The first kappa shape index (κ1) is 17.8. The minimum atomic E-state index is -0.515. The van der Waals surface area contributed by atoms with Crippen LogP contribution in [0.25, 0.3) is 6.08 Å². The molecule has 1 aromatic rings. The van der Waals surface area contributed by atoms with E-state index in [0.29, 0.717) is 11.7 Å². The number of benzene rings is 1. The highest BCUT2D eigenvalue weighted by Gasteiger charge is 2.05. The molecule has 0 aliphatic rings. The lowest BCUT2D eigenvalue weighted by Crippen LogP contribution is -2.26. The molecule has 0 aliphatic heterocycles. The smallest absolute Gasteiger partial charge is 0.255 e. The minimum absolute atomic E-state index is 0.0188. The highest BCUT2D eigenvalue weighted by molar-refractivity contribution is 5.91. The van der Waals surface area contributed by atoms with Crippen molar-refractivity contribution in [2.24, 2.45) is 11.7 Å². The van der Waals surface area contributed by atoms with E-state index in [-0.39, 0.29) is 12.5 Å². The monoisotopic (exact) mass is 304 g/mol. The fourth-order valence-corrected chi connectivity index (χ4v) is 1.69. The topological polar surface area (TPSA) is 72.6 Å². The van der Waals surface area contributed by atoms with Gasteiger partial charge in [-0.1, -0.05) is 26.0 Å². The van der Waals surface area contributed by atoms with Crippen LogP contribution >= 0.6 is 0 Å². The summed E-state index contributed by atoms with van der Waals surface area (Å²) >= 11 is 0. The number of nitrogens with two attached hydrogens (primary N) is 1. The summed E-state index contributed by atoms with van der Waals surface area (Å²) in [5.41, 5.74) is 5.89. The number of primary amides is 1. The average Bonchev–Trinajstić information content (AvgIpc) is 2.49. The number of nitrogens with zero attached hydrogens (tertiary/aromatic N) is 1. The van der Waals surface area contributed by atoms with Gasteiger partial charge in [-0.3, -0.25) is 9.59 Å². The van der Waals surface area contributed by atoms with E-state index in [1.54, 1.807) is 36.2 Å². The van der Waals surface area contributed by atoms with Crippen LogP contribution in [0.3, 0.4) is 0 Å². The zero-order valence-corrected chi connectivity index (χ0v) is 13.4. The molecule has 0 bridgehead atoms. The van der Waals surface area contributed by atoms with Crippen LogP contribution in [-0.2, 0) is 9.59 Å². The van der Waals surface area contributed by atoms with Crippen LogP contribution < -0.4 is 10.5 Å². The SMILES string of the molecule is CC(C)CCN(C)C(=O)/C=C\c1ccc(OCC(N)=O)cc1. The Labute approximate surface area is 131 Å². The van der Waals surface area contributed by atoms with E-state index >= 15 is 0 Å². The Morgan fingerprint density at radius 2 is 1.91 bits per heavy atom. The zero-order valence-electron chi connectivity index (χ0n) is 13.4. The van der Waals surface area contributed by atoms with Crippen LogP contribution in [0.1, 0.15) is 25.8 Å². The molecular weight excluding hydrogens is 280 g/mol. The molecule has 2 N–H and O–H groups in total. The number of likely N-dealkylation sites (N-methyl/N-ethyl adjacent to an activating group) is 1. The molecule has 1 rings (SSSR count). The van der Waals surface area contributed by atoms with Crippen molar-refractivity contribution in [2.75, 3.05) is 20.2 Å². The van der Waals surface area contributed by atoms with Crippen molar-refractivity contribution in [1.82, 2.24) is 4.90 Å². The minimum Gasteiger partial charge on any atom is -0.484 e. The molecule has 2 amide bonds. The van der Waals surface area contributed by atoms with Gasteiger partial charge in [0.2, 0.25) is 5.91 Å². The van der Waals surface area contributed by atoms with Crippen LogP contribution in [-0.4, -0.2) is 36.9 Å². The molecule has 0 spiro atoms. The third-order valence-electron chi connectivity index (χ3n) is 3.10. The van der Waals surface area contributed by atoms with Crippen LogP contribution in [0.5, 0.6) is 5.75 Å². The predicted molar refractivity (Wildman–Crippen MR) is 87.3 cm³/mol. The van der Waals surface area contributed by atoms with Gasteiger partial charge in [-0.25, -0.2) is 0 Å². The van der Waals surface area contributed by atoms with Gasteiger partial charge in [0.25, 0.3) is 5.91 Å². The van der Waals surface area contributed by atoms with E-state index in [1.807, 2.05) is 12.1 Å². The van der Waals surface area contributed by atoms with Crippen LogP contribution in [0.2, 0.25) is 0 Å². The summed E-state index contributed by atoms with van der Waals surface area (Å²) in [6.45, 7) is 4.88. The molecule has 0 aliphatic carbocycles. The summed E-state index contributed by atoms with van der Waals surface area (Å²) in [6, 6.07) is 7.09. The number of amides is 2. The van der Waals surface area contributed by atoms with Crippen LogP contribution in [0.15, 0.2) is 30.3 Å². The maximum Gasteiger partial charge on any atom is 0.255 e. The van der Waals surface area contributed by atoms with Crippen LogP contribution in [0, 0.1) is 5.92 Å². The molecule has 22 heavy (non-hydrogen) atoms. The van der Waals surface area contributed by atoms with E-state index < -0.39 is 5.91 Å². The number of rotatable bonds is 8. The summed E-state index contributed by atoms with van der Waals surface area (Å²) < 4.78 is 5.17. The Hall–Kier alpha value is -2.30. The maximum absolute atomic E-state index is 11.9. The van der Waals surface area contributed by atoms with Crippen molar-refractivity contribution in [3.05, 3.63) is 35.9 Å². The molecule has 0 saturated carbocycles. The third-order valence-corrected chi connectivity index (χ3v) is 3.10. The number of hydrogen-bond acceptors (Lipinski definition) is 3. The first-order chi connectivity index (χ1) is 10.4. The largest absolute Gasteiger partial charge is 0.484 e. The standard InChI is InChI=1S/C17H24N2O3/c1-13(2)10-11-19(3)17(21)9-6-14-4-7-15(8-5-14)22-12-16(18)20/h4-9,13H,10-12H2,1-3H3,(H2,18,20)/b9-6-. The molecule has 0 heterocycles. The lowest BCUT2D eigenvalue weighted by molar-refractivity contribution is -0.124. The van der Waals surface area contributed by atoms with Crippen molar-refractivity contribution >= 4 is 17.9 Å². The van der Waals surface area contributed by atoms with Gasteiger partial charge < -0.3 is 15.4 Å². The Morgan fingerprint density at radius 1 is 1.27 bits per heavy atom. The molecule has 0 atom stereocenters. The first-order valence-electron chi connectivity index (χ1n) is 7.33. The summed E-state index contributed by atoms with van der Waals surface area (Å²) in [5, 5.41) is 0. The van der Waals surface area contributed by atoms with E-state index in [4.69, 9.17) is 10.5 Å². The highest BCUT2D eigenvalue weighted by atomic mass is 16.5. The number of hydrogen-bond donors (Lipinski definition) is 1. The fraction of sp³-hybridized carbons (Fsp3) is 0.412. The quantitative estimate of drug-likeness (QED) is 0.747. The fourth-order valence-electron chi connectivity index (χ4n) is 1.69. The number of carbonyl (C=O) groups excluding carboxylic acids is 2. The first-order valence-corrected chi connectivity index (χ1v) is 7.33. The second kappa shape index (κ2) is 8.87. The molecule has 5 nitrogen and oxygen atoms in total. The third kappa shape index (κ3) is 6.92. The molecular formula is C17H24N2O3. The van der Waals surface area contributed by atoms with Gasteiger partial charge in [0.1, 0.15) is 5.75 Å². The van der Waals surface area contributed by atoms with Crippen molar-refractivity contribution in [3.63, 3.8) is 0 Å². The second-order valence-electron chi connectivity index (χ2n) is 5.60. The average molecular weight is 304 g/mol. The molecule has 0 unspecified atom stereocenters. The van der Waals surface area contributed by atoms with Gasteiger partial charge in [-0.2, -0.15) is 0 Å². The van der Waals surface area contributed by atoms with Crippen molar-refractivity contribution < 1.29 is 14.3 Å². The number of ether oxygens (including phenoxy) is 1. The van der Waals surface area contributed by atoms with Gasteiger partial charge in [0.15, 0.2) is 6.61 Å². The summed E-state index contributed by atoms with van der Waals surface area (Å²) in [7, 11) is 1.80. The van der Waals surface area contributed by atoms with Gasteiger partial charge in [-0.05, 0) is 36.1 Å². The van der Waals surface area contributed by atoms with E-state index in [1.165, 1.54) is 0 Å². The number of carbonyl (C=O) groups is 2. The molecule has 5 heteroatoms. The molecule has 120 valence electrons. The molecule has 0 saturated heterocycles. The highest BCUT2D eigenvalue weighted by Crippen LogP contribution is 2.13. The lowest BCUT2D eigenvalue weighted by Gasteiger charge is -2.16. The Balaban J connectivity index is 2.51. The second-order valence-corrected chi connectivity index (χ2v) is 5.60. The van der Waals surface area contributed by atoms with E-state index in [0.717, 1.165) is 18.5 Å². The normalized spacial score (nSPS) is 10.9.